The van der Waals surface area contributed by atoms with Gasteiger partial charge in [0.05, 0.1) is 11.7 Å². The van der Waals surface area contributed by atoms with Crippen molar-refractivity contribution in [3.8, 4) is 0 Å². The van der Waals surface area contributed by atoms with Gasteiger partial charge in [-0.25, -0.2) is 0 Å². The number of aryl methyl sites for hydroxylation is 1. The number of carbonyl (C=O) groups is 1. The molecule has 0 saturated carbocycles. The van der Waals surface area contributed by atoms with Crippen molar-refractivity contribution in [2.24, 2.45) is 0 Å². The second-order valence-corrected chi connectivity index (χ2v) is 6.06. The standard InChI is InChI=1S/C12H15BrN2OS/c1-8-2-3-9(13)10(6-8)15-12(16)11-7-17-5-4-14-11/h2-3,6,11,14H,4-5,7H2,1H3,(H,15,16). The molecule has 1 unspecified atom stereocenters. The van der Waals surface area contributed by atoms with Gasteiger partial charge in [0.15, 0.2) is 0 Å². The Morgan fingerprint density at radius 1 is 1.59 bits per heavy atom. The van der Waals surface area contributed by atoms with E-state index in [1.165, 1.54) is 0 Å². The molecule has 0 radical (unpaired) electrons. The van der Waals surface area contributed by atoms with Crippen LogP contribution in [0, 0.1) is 6.92 Å². The number of hydrogen-bond donors (Lipinski definition) is 2. The van der Waals surface area contributed by atoms with Gasteiger partial charge in [-0.05, 0) is 40.5 Å². The lowest BCUT2D eigenvalue weighted by molar-refractivity contribution is -0.117. The lowest BCUT2D eigenvalue weighted by Crippen LogP contribution is -2.46. The Hall–Kier alpha value is -0.520. The topological polar surface area (TPSA) is 41.1 Å². The molecular weight excluding hydrogens is 300 g/mol. The Morgan fingerprint density at radius 3 is 3.12 bits per heavy atom. The summed E-state index contributed by atoms with van der Waals surface area (Å²) >= 11 is 5.26. The van der Waals surface area contributed by atoms with Crippen LogP contribution in [0.3, 0.4) is 0 Å². The van der Waals surface area contributed by atoms with Crippen LogP contribution in [-0.4, -0.2) is 30.0 Å². The maximum absolute atomic E-state index is 12.0. The second kappa shape index (κ2) is 5.89. The van der Waals surface area contributed by atoms with E-state index in [0.717, 1.165) is 33.8 Å². The van der Waals surface area contributed by atoms with Crippen molar-refractivity contribution >= 4 is 39.3 Å². The summed E-state index contributed by atoms with van der Waals surface area (Å²) in [6.07, 6.45) is 0. The van der Waals surface area contributed by atoms with Crippen LogP contribution in [-0.2, 0) is 4.79 Å². The maximum atomic E-state index is 12.0. The third kappa shape index (κ3) is 3.47. The molecule has 1 fully saturated rings. The highest BCUT2D eigenvalue weighted by Gasteiger charge is 2.21. The van der Waals surface area contributed by atoms with E-state index >= 15 is 0 Å². The summed E-state index contributed by atoms with van der Waals surface area (Å²) in [7, 11) is 0. The smallest absolute Gasteiger partial charge is 0.242 e. The van der Waals surface area contributed by atoms with E-state index in [9.17, 15) is 4.79 Å². The Labute approximate surface area is 114 Å². The lowest BCUT2D eigenvalue weighted by atomic mass is 10.2. The molecule has 5 heteroatoms. The first-order valence-corrected chi connectivity index (χ1v) is 7.50. The summed E-state index contributed by atoms with van der Waals surface area (Å²) in [5, 5.41) is 6.18. The molecule has 1 saturated heterocycles. The quantitative estimate of drug-likeness (QED) is 0.880. The Kier molecular flexibility index (Phi) is 4.48. The average Bonchev–Trinajstić information content (AvgIpc) is 2.35. The zero-order chi connectivity index (χ0) is 12.3. The lowest BCUT2D eigenvalue weighted by Gasteiger charge is -2.22. The van der Waals surface area contributed by atoms with Crippen molar-refractivity contribution in [2.75, 3.05) is 23.4 Å². The van der Waals surface area contributed by atoms with Crippen LogP contribution in [0.15, 0.2) is 22.7 Å². The van der Waals surface area contributed by atoms with Crippen LogP contribution in [0.5, 0.6) is 0 Å². The molecule has 0 spiro atoms. The van der Waals surface area contributed by atoms with E-state index in [-0.39, 0.29) is 11.9 Å². The molecule has 1 aliphatic rings. The van der Waals surface area contributed by atoms with E-state index < -0.39 is 0 Å². The molecular formula is C12H15BrN2OS. The van der Waals surface area contributed by atoms with Gasteiger partial charge >= 0.3 is 0 Å². The number of halogens is 1. The van der Waals surface area contributed by atoms with Crippen molar-refractivity contribution < 1.29 is 4.79 Å². The molecule has 1 heterocycles. The molecule has 1 aromatic carbocycles. The first-order chi connectivity index (χ1) is 8.16. The summed E-state index contributed by atoms with van der Waals surface area (Å²) < 4.78 is 0.917. The minimum atomic E-state index is -0.0823. The molecule has 0 aliphatic carbocycles. The highest BCUT2D eigenvalue weighted by atomic mass is 79.9. The predicted octanol–water partition coefficient (Wildman–Crippen LogP) is 2.40. The summed E-state index contributed by atoms with van der Waals surface area (Å²) in [6, 6.07) is 5.85. The van der Waals surface area contributed by atoms with Gasteiger partial charge in [0, 0.05) is 22.5 Å². The Bertz CT molecular complexity index is 419. The molecule has 92 valence electrons. The van der Waals surface area contributed by atoms with Crippen molar-refractivity contribution in [2.45, 2.75) is 13.0 Å². The minimum absolute atomic E-state index is 0.0449. The zero-order valence-corrected chi connectivity index (χ0v) is 12.0. The third-order valence-corrected chi connectivity index (χ3v) is 4.37. The van der Waals surface area contributed by atoms with E-state index in [4.69, 9.17) is 0 Å². The van der Waals surface area contributed by atoms with Crippen molar-refractivity contribution in [1.82, 2.24) is 5.32 Å². The molecule has 17 heavy (non-hydrogen) atoms. The first kappa shape index (κ1) is 12.9. The van der Waals surface area contributed by atoms with Gasteiger partial charge in [0.2, 0.25) is 5.91 Å². The molecule has 1 aliphatic heterocycles. The predicted molar refractivity (Wildman–Crippen MR) is 76.6 cm³/mol. The number of amides is 1. The number of carbonyl (C=O) groups excluding carboxylic acids is 1. The van der Waals surface area contributed by atoms with Gasteiger partial charge in [0.25, 0.3) is 0 Å². The fourth-order valence-corrected chi connectivity index (χ4v) is 2.97. The van der Waals surface area contributed by atoms with Crippen LogP contribution in [0.4, 0.5) is 5.69 Å². The minimum Gasteiger partial charge on any atom is -0.324 e. The average molecular weight is 315 g/mol. The van der Waals surface area contributed by atoms with E-state index in [1.807, 2.05) is 36.9 Å². The highest BCUT2D eigenvalue weighted by molar-refractivity contribution is 9.10. The third-order valence-electron chi connectivity index (χ3n) is 2.62. The maximum Gasteiger partial charge on any atom is 0.242 e. The van der Waals surface area contributed by atoms with Gasteiger partial charge in [0.1, 0.15) is 0 Å². The van der Waals surface area contributed by atoms with Gasteiger partial charge in [-0.2, -0.15) is 11.8 Å². The van der Waals surface area contributed by atoms with Crippen molar-refractivity contribution in [1.29, 1.82) is 0 Å². The van der Waals surface area contributed by atoms with Crippen molar-refractivity contribution in [3.63, 3.8) is 0 Å². The number of thioether (sulfide) groups is 1. The van der Waals surface area contributed by atoms with E-state index in [2.05, 4.69) is 26.6 Å². The Balaban J connectivity index is 2.04. The molecule has 0 aromatic heterocycles. The van der Waals surface area contributed by atoms with Gasteiger partial charge < -0.3 is 10.6 Å². The SMILES string of the molecule is Cc1ccc(Br)c(NC(=O)C2CSCCN2)c1. The molecule has 1 aromatic rings. The molecule has 1 atom stereocenters. The van der Waals surface area contributed by atoms with Gasteiger partial charge in [-0.1, -0.05) is 6.07 Å². The molecule has 3 nitrogen and oxygen atoms in total. The van der Waals surface area contributed by atoms with Crippen LogP contribution >= 0.6 is 27.7 Å². The normalized spacial score (nSPS) is 20.0. The summed E-state index contributed by atoms with van der Waals surface area (Å²) in [5.41, 5.74) is 1.97. The van der Waals surface area contributed by atoms with Crippen LogP contribution in [0.25, 0.3) is 0 Å². The second-order valence-electron chi connectivity index (χ2n) is 4.05. The largest absolute Gasteiger partial charge is 0.324 e. The van der Waals surface area contributed by atoms with Gasteiger partial charge in [-0.15, -0.1) is 0 Å². The van der Waals surface area contributed by atoms with E-state index in [0.29, 0.717) is 0 Å². The molecule has 1 amide bonds. The fourth-order valence-electron chi connectivity index (χ4n) is 1.69. The monoisotopic (exact) mass is 314 g/mol. The Morgan fingerprint density at radius 2 is 2.41 bits per heavy atom. The summed E-state index contributed by atoms with van der Waals surface area (Å²) in [5.74, 6) is 1.97. The van der Waals surface area contributed by atoms with Crippen LogP contribution in [0.1, 0.15) is 5.56 Å². The van der Waals surface area contributed by atoms with Crippen molar-refractivity contribution in [3.05, 3.63) is 28.2 Å². The molecule has 0 bridgehead atoms. The number of hydrogen-bond acceptors (Lipinski definition) is 3. The summed E-state index contributed by atoms with van der Waals surface area (Å²) in [6.45, 7) is 2.91. The zero-order valence-electron chi connectivity index (χ0n) is 9.63. The number of benzene rings is 1. The van der Waals surface area contributed by atoms with E-state index in [1.54, 1.807) is 0 Å². The number of rotatable bonds is 2. The highest BCUT2D eigenvalue weighted by Crippen LogP contribution is 2.23. The first-order valence-electron chi connectivity index (χ1n) is 5.55. The van der Waals surface area contributed by atoms with Gasteiger partial charge in [-0.3, -0.25) is 4.79 Å². The molecule has 2 rings (SSSR count). The number of nitrogens with one attached hydrogen (secondary N) is 2. The molecule has 2 N–H and O–H groups in total. The van der Waals surface area contributed by atoms with Crippen LogP contribution < -0.4 is 10.6 Å². The summed E-state index contributed by atoms with van der Waals surface area (Å²) in [4.78, 5) is 12.0. The fraction of sp³-hybridized carbons (Fsp3) is 0.417. The number of anilines is 1. The van der Waals surface area contributed by atoms with Crippen LogP contribution in [0.2, 0.25) is 0 Å².